The summed E-state index contributed by atoms with van der Waals surface area (Å²) in [4.78, 5) is 27.3. The Morgan fingerprint density at radius 3 is 2.69 bits per heavy atom. The van der Waals surface area contributed by atoms with E-state index >= 15 is 0 Å². The van der Waals surface area contributed by atoms with Crippen molar-refractivity contribution in [3.05, 3.63) is 65.9 Å². The fourth-order valence-electron chi connectivity index (χ4n) is 2.67. The van der Waals surface area contributed by atoms with Crippen LogP contribution in [0.15, 0.2) is 54.6 Å². The lowest BCUT2D eigenvalue weighted by Crippen LogP contribution is -2.06. The molecule has 0 saturated heterocycles. The van der Waals surface area contributed by atoms with Gasteiger partial charge in [0.1, 0.15) is 0 Å². The summed E-state index contributed by atoms with van der Waals surface area (Å²) in [6.07, 6.45) is -0.164. The van der Waals surface area contributed by atoms with Gasteiger partial charge < -0.3 is 15.2 Å². The van der Waals surface area contributed by atoms with Crippen molar-refractivity contribution in [2.75, 3.05) is 11.9 Å². The van der Waals surface area contributed by atoms with Gasteiger partial charge in [-0.05, 0) is 37.3 Å². The molecule has 0 radical (unpaired) electrons. The number of rotatable bonds is 6. The van der Waals surface area contributed by atoms with Gasteiger partial charge in [0, 0.05) is 16.8 Å². The van der Waals surface area contributed by atoms with E-state index in [1.807, 2.05) is 30.3 Å². The van der Waals surface area contributed by atoms with Crippen molar-refractivity contribution >= 4 is 34.2 Å². The van der Waals surface area contributed by atoms with Crippen LogP contribution in [0.4, 0.5) is 11.4 Å². The minimum Gasteiger partial charge on any atom is -0.481 e. The van der Waals surface area contributed by atoms with Crippen LogP contribution in [0.3, 0.4) is 0 Å². The molecule has 0 atom stereocenters. The van der Waals surface area contributed by atoms with Crippen LogP contribution < -0.4 is 5.32 Å². The largest absolute Gasteiger partial charge is 0.481 e. The molecule has 0 fully saturated rings. The summed E-state index contributed by atoms with van der Waals surface area (Å²) in [5.41, 5.74) is 3.04. The quantitative estimate of drug-likeness (QED) is 0.658. The molecule has 0 bridgehead atoms. The van der Waals surface area contributed by atoms with Gasteiger partial charge in [-0.25, -0.2) is 4.79 Å². The number of para-hydroxylation sites is 1. The zero-order valence-electron chi connectivity index (χ0n) is 14.2. The second kappa shape index (κ2) is 7.65. The number of nitrogens with zero attached hydrogens (tertiary/aromatic N) is 1. The number of carbonyl (C=O) groups is 2. The number of carboxylic acids is 1. The molecule has 0 unspecified atom stereocenters. The number of nitrogens with one attached hydrogen (secondary N) is 1. The average molecular weight is 350 g/mol. The van der Waals surface area contributed by atoms with Crippen molar-refractivity contribution < 1.29 is 19.4 Å². The van der Waals surface area contributed by atoms with Gasteiger partial charge in [0.05, 0.1) is 29.8 Å². The monoisotopic (exact) mass is 350 g/mol. The number of anilines is 2. The lowest BCUT2D eigenvalue weighted by atomic mass is 10.1. The second-order valence-corrected chi connectivity index (χ2v) is 5.68. The minimum absolute atomic E-state index is 0.164. The number of pyridine rings is 1. The molecule has 0 aliphatic rings. The van der Waals surface area contributed by atoms with Crippen molar-refractivity contribution in [2.45, 2.75) is 13.3 Å². The summed E-state index contributed by atoms with van der Waals surface area (Å²) < 4.78 is 5.02. The summed E-state index contributed by atoms with van der Waals surface area (Å²) in [5, 5.41) is 13.2. The van der Waals surface area contributed by atoms with Crippen molar-refractivity contribution in [1.82, 2.24) is 4.98 Å². The molecule has 2 aromatic carbocycles. The van der Waals surface area contributed by atoms with Crippen LogP contribution in [-0.4, -0.2) is 28.6 Å². The number of hydrogen-bond donors (Lipinski definition) is 2. The Kier molecular flexibility index (Phi) is 5.12. The third-order valence-electron chi connectivity index (χ3n) is 3.75. The van der Waals surface area contributed by atoms with Gasteiger partial charge in [-0.3, -0.25) is 9.78 Å². The number of fused-ring (bicyclic) bond motifs is 1. The van der Waals surface area contributed by atoms with Crippen molar-refractivity contribution in [1.29, 1.82) is 0 Å². The smallest absolute Gasteiger partial charge is 0.338 e. The number of benzene rings is 2. The van der Waals surface area contributed by atoms with Crippen LogP contribution in [0.25, 0.3) is 10.9 Å². The average Bonchev–Trinajstić information content (AvgIpc) is 2.61. The van der Waals surface area contributed by atoms with Crippen molar-refractivity contribution in [3.63, 3.8) is 0 Å². The summed E-state index contributed by atoms with van der Waals surface area (Å²) in [7, 11) is 0. The van der Waals surface area contributed by atoms with Crippen LogP contribution in [-0.2, 0) is 16.0 Å². The summed E-state index contributed by atoms with van der Waals surface area (Å²) >= 11 is 0. The Hall–Kier alpha value is -3.41. The normalized spacial score (nSPS) is 10.5. The van der Waals surface area contributed by atoms with Crippen LogP contribution in [0.2, 0.25) is 0 Å². The van der Waals surface area contributed by atoms with E-state index in [9.17, 15) is 9.59 Å². The first-order chi connectivity index (χ1) is 12.6. The molecule has 1 aromatic heterocycles. The van der Waals surface area contributed by atoms with Gasteiger partial charge in [0.25, 0.3) is 0 Å². The number of ether oxygens (including phenoxy) is 1. The number of hydrogen-bond acceptors (Lipinski definition) is 5. The SMILES string of the molecule is CCOC(=O)c1cccc(Nc2cc(CC(=O)O)nc3ccccc23)c1. The molecule has 132 valence electrons. The fourth-order valence-corrected chi connectivity index (χ4v) is 2.67. The Morgan fingerprint density at radius 2 is 1.92 bits per heavy atom. The minimum atomic E-state index is -0.942. The van der Waals surface area contributed by atoms with Gasteiger partial charge >= 0.3 is 11.9 Å². The Balaban J connectivity index is 1.99. The first-order valence-corrected chi connectivity index (χ1v) is 8.21. The number of esters is 1. The van der Waals surface area contributed by atoms with E-state index in [1.165, 1.54) is 0 Å². The van der Waals surface area contributed by atoms with Gasteiger partial charge in [0.15, 0.2) is 0 Å². The molecular formula is C20H18N2O4. The third-order valence-corrected chi connectivity index (χ3v) is 3.75. The highest BCUT2D eigenvalue weighted by Crippen LogP contribution is 2.27. The molecule has 0 spiro atoms. The van der Waals surface area contributed by atoms with E-state index in [1.54, 1.807) is 31.2 Å². The highest BCUT2D eigenvalue weighted by atomic mass is 16.5. The van der Waals surface area contributed by atoms with Crippen LogP contribution >= 0.6 is 0 Å². The van der Waals surface area contributed by atoms with Gasteiger partial charge in [-0.15, -0.1) is 0 Å². The Labute approximate surface area is 150 Å². The zero-order valence-corrected chi connectivity index (χ0v) is 14.2. The molecule has 3 aromatic rings. The molecule has 2 N–H and O–H groups in total. The van der Waals surface area contributed by atoms with E-state index in [-0.39, 0.29) is 12.4 Å². The maximum absolute atomic E-state index is 11.9. The molecule has 26 heavy (non-hydrogen) atoms. The fraction of sp³-hybridized carbons (Fsp3) is 0.150. The molecule has 3 rings (SSSR count). The highest BCUT2D eigenvalue weighted by Gasteiger charge is 2.11. The first-order valence-electron chi connectivity index (χ1n) is 8.21. The topological polar surface area (TPSA) is 88.5 Å². The van der Waals surface area contributed by atoms with Crippen molar-refractivity contribution in [3.8, 4) is 0 Å². The standard InChI is InChI=1S/C20H18N2O4/c1-2-26-20(25)13-6-5-7-14(10-13)21-18-11-15(12-19(23)24)22-17-9-4-3-8-16(17)18/h3-11H,2,12H2,1H3,(H,21,22)(H,23,24). The van der Waals surface area contributed by atoms with E-state index in [0.29, 0.717) is 29.1 Å². The molecular weight excluding hydrogens is 332 g/mol. The van der Waals surface area contributed by atoms with Crippen LogP contribution in [0.5, 0.6) is 0 Å². The summed E-state index contributed by atoms with van der Waals surface area (Å²) in [6, 6.07) is 16.2. The van der Waals surface area contributed by atoms with Gasteiger partial charge in [-0.1, -0.05) is 24.3 Å². The second-order valence-electron chi connectivity index (χ2n) is 5.68. The molecule has 6 nitrogen and oxygen atoms in total. The molecule has 0 aliphatic carbocycles. The Morgan fingerprint density at radius 1 is 1.12 bits per heavy atom. The summed E-state index contributed by atoms with van der Waals surface area (Å²) in [5.74, 6) is -1.33. The van der Waals surface area contributed by atoms with Gasteiger partial charge in [-0.2, -0.15) is 0 Å². The Bertz CT molecular complexity index is 969. The number of aliphatic carboxylic acids is 1. The molecule has 6 heteroatoms. The summed E-state index contributed by atoms with van der Waals surface area (Å²) in [6.45, 7) is 2.07. The first kappa shape index (κ1) is 17.4. The van der Waals surface area contributed by atoms with Crippen LogP contribution in [0.1, 0.15) is 23.0 Å². The van der Waals surface area contributed by atoms with E-state index in [2.05, 4.69) is 10.3 Å². The molecule has 1 heterocycles. The number of carbonyl (C=O) groups excluding carboxylic acids is 1. The molecule has 0 amide bonds. The van der Waals surface area contributed by atoms with Crippen molar-refractivity contribution in [2.24, 2.45) is 0 Å². The predicted octanol–water partition coefficient (Wildman–Crippen LogP) is 3.78. The predicted molar refractivity (Wildman–Crippen MR) is 98.8 cm³/mol. The maximum atomic E-state index is 11.9. The lowest BCUT2D eigenvalue weighted by Gasteiger charge is -2.12. The lowest BCUT2D eigenvalue weighted by molar-refractivity contribution is -0.136. The number of aromatic nitrogens is 1. The van der Waals surface area contributed by atoms with Gasteiger partial charge in [0.2, 0.25) is 0 Å². The number of carboxylic acid groups (broad SMARTS) is 1. The van der Waals surface area contributed by atoms with Crippen LogP contribution in [0, 0.1) is 0 Å². The molecule has 0 saturated carbocycles. The zero-order chi connectivity index (χ0) is 18.5. The third kappa shape index (κ3) is 3.97. The molecule has 0 aliphatic heterocycles. The highest BCUT2D eigenvalue weighted by molar-refractivity contribution is 5.95. The van der Waals surface area contributed by atoms with E-state index in [0.717, 1.165) is 11.1 Å². The van der Waals surface area contributed by atoms with E-state index in [4.69, 9.17) is 9.84 Å². The van der Waals surface area contributed by atoms with E-state index < -0.39 is 5.97 Å². The maximum Gasteiger partial charge on any atom is 0.338 e.